The highest BCUT2D eigenvalue weighted by molar-refractivity contribution is 5.76. The third-order valence-electron chi connectivity index (χ3n) is 5.14. The van der Waals surface area contributed by atoms with Gasteiger partial charge in [0.25, 0.3) is 0 Å². The van der Waals surface area contributed by atoms with E-state index in [0.717, 1.165) is 44.8 Å². The Balaban J connectivity index is 1.38. The number of rotatable bonds is 6. The molecule has 1 aromatic heterocycles. The molecule has 0 saturated carbocycles. The number of nitrogens with zero attached hydrogens (tertiary/aromatic N) is 3. The van der Waals surface area contributed by atoms with Crippen LogP contribution in [0.25, 0.3) is 0 Å². The van der Waals surface area contributed by atoms with Gasteiger partial charge in [0, 0.05) is 37.9 Å². The number of carbonyl (C=O) groups is 1. The fraction of sp³-hybridized carbons (Fsp3) is 0.500. The minimum Gasteiger partial charge on any atom is -0.343 e. The summed E-state index contributed by atoms with van der Waals surface area (Å²) < 4.78 is 2.22. The van der Waals surface area contributed by atoms with Gasteiger partial charge < -0.3 is 9.47 Å². The number of carbonyl (C=O) groups excluding carboxylic acids is 1. The van der Waals surface area contributed by atoms with Crippen molar-refractivity contribution < 1.29 is 4.79 Å². The fourth-order valence-corrected chi connectivity index (χ4v) is 3.47. The SMILES string of the molecule is Cc1cncn1CCC1CCN(C(=O)CCc2ccccc2)CC1. The summed E-state index contributed by atoms with van der Waals surface area (Å²) in [6.07, 6.45) is 8.74. The molecule has 0 radical (unpaired) electrons. The number of imidazole rings is 1. The summed E-state index contributed by atoms with van der Waals surface area (Å²) in [6, 6.07) is 10.3. The van der Waals surface area contributed by atoms with Crippen molar-refractivity contribution in [2.75, 3.05) is 13.1 Å². The van der Waals surface area contributed by atoms with Crippen molar-refractivity contribution in [1.82, 2.24) is 14.5 Å². The van der Waals surface area contributed by atoms with E-state index in [4.69, 9.17) is 0 Å². The lowest BCUT2D eigenvalue weighted by Gasteiger charge is -2.32. The van der Waals surface area contributed by atoms with Crippen LogP contribution < -0.4 is 0 Å². The van der Waals surface area contributed by atoms with Gasteiger partial charge in [-0.2, -0.15) is 0 Å². The lowest BCUT2D eigenvalue weighted by molar-refractivity contribution is -0.132. The molecule has 1 aromatic carbocycles. The molecule has 2 aromatic rings. The Morgan fingerprint density at radius 2 is 1.96 bits per heavy atom. The molecule has 1 aliphatic rings. The number of aromatic nitrogens is 2. The van der Waals surface area contributed by atoms with Gasteiger partial charge >= 0.3 is 0 Å². The molecule has 0 atom stereocenters. The first-order valence-corrected chi connectivity index (χ1v) is 9.01. The Kier molecular flexibility index (Phi) is 5.68. The average molecular weight is 325 g/mol. The van der Waals surface area contributed by atoms with Crippen LogP contribution in [0.15, 0.2) is 42.9 Å². The van der Waals surface area contributed by atoms with Crippen molar-refractivity contribution in [2.24, 2.45) is 5.92 Å². The third-order valence-corrected chi connectivity index (χ3v) is 5.14. The number of likely N-dealkylation sites (tertiary alicyclic amines) is 1. The van der Waals surface area contributed by atoms with Crippen molar-refractivity contribution in [3.05, 3.63) is 54.1 Å². The molecule has 0 bridgehead atoms. The van der Waals surface area contributed by atoms with Gasteiger partial charge in [0.15, 0.2) is 0 Å². The van der Waals surface area contributed by atoms with E-state index in [2.05, 4.69) is 33.5 Å². The second kappa shape index (κ2) is 8.13. The van der Waals surface area contributed by atoms with Crippen LogP contribution in [0.1, 0.15) is 36.9 Å². The van der Waals surface area contributed by atoms with E-state index in [9.17, 15) is 4.79 Å². The predicted molar refractivity (Wildman–Crippen MR) is 95.6 cm³/mol. The monoisotopic (exact) mass is 325 g/mol. The van der Waals surface area contributed by atoms with Crippen LogP contribution in [-0.4, -0.2) is 33.4 Å². The van der Waals surface area contributed by atoms with E-state index >= 15 is 0 Å². The minimum absolute atomic E-state index is 0.308. The highest BCUT2D eigenvalue weighted by Gasteiger charge is 2.22. The molecule has 3 rings (SSSR count). The quantitative estimate of drug-likeness (QED) is 0.816. The smallest absolute Gasteiger partial charge is 0.222 e. The average Bonchev–Trinajstić information content (AvgIpc) is 3.04. The fourth-order valence-electron chi connectivity index (χ4n) is 3.47. The van der Waals surface area contributed by atoms with Crippen molar-refractivity contribution in [2.45, 2.75) is 45.6 Å². The van der Waals surface area contributed by atoms with Gasteiger partial charge in [-0.25, -0.2) is 4.98 Å². The lowest BCUT2D eigenvalue weighted by Crippen LogP contribution is -2.38. The summed E-state index contributed by atoms with van der Waals surface area (Å²) in [5, 5.41) is 0. The summed E-state index contributed by atoms with van der Waals surface area (Å²) in [5.41, 5.74) is 2.47. The van der Waals surface area contributed by atoms with E-state index in [-0.39, 0.29) is 0 Å². The molecular weight excluding hydrogens is 298 g/mol. The van der Waals surface area contributed by atoms with E-state index in [1.54, 1.807) is 0 Å². The Labute approximate surface area is 144 Å². The molecule has 0 N–H and O–H groups in total. The molecule has 1 saturated heterocycles. The zero-order chi connectivity index (χ0) is 16.8. The summed E-state index contributed by atoms with van der Waals surface area (Å²) >= 11 is 0. The molecule has 1 amide bonds. The summed E-state index contributed by atoms with van der Waals surface area (Å²) in [7, 11) is 0. The zero-order valence-electron chi connectivity index (χ0n) is 14.5. The van der Waals surface area contributed by atoms with Gasteiger partial charge in [-0.3, -0.25) is 4.79 Å². The molecular formula is C20H27N3O. The van der Waals surface area contributed by atoms with Crippen LogP contribution in [0.4, 0.5) is 0 Å². The summed E-state index contributed by atoms with van der Waals surface area (Å²) in [5.74, 6) is 1.03. The molecule has 2 heterocycles. The van der Waals surface area contributed by atoms with E-state index in [0.29, 0.717) is 12.3 Å². The highest BCUT2D eigenvalue weighted by Crippen LogP contribution is 2.22. The van der Waals surface area contributed by atoms with Crippen LogP contribution in [0, 0.1) is 12.8 Å². The number of amides is 1. The first-order chi connectivity index (χ1) is 11.7. The number of benzene rings is 1. The first-order valence-electron chi connectivity index (χ1n) is 9.01. The Bertz CT molecular complexity index is 642. The lowest BCUT2D eigenvalue weighted by atomic mass is 9.93. The molecule has 1 aliphatic heterocycles. The molecule has 0 spiro atoms. The van der Waals surface area contributed by atoms with Crippen LogP contribution in [0.3, 0.4) is 0 Å². The minimum atomic E-state index is 0.308. The topological polar surface area (TPSA) is 38.1 Å². The Hall–Kier alpha value is -2.10. The normalized spacial score (nSPS) is 15.6. The number of hydrogen-bond donors (Lipinski definition) is 0. The number of piperidine rings is 1. The van der Waals surface area contributed by atoms with E-state index in [1.807, 2.05) is 30.7 Å². The zero-order valence-corrected chi connectivity index (χ0v) is 14.5. The molecule has 24 heavy (non-hydrogen) atoms. The van der Waals surface area contributed by atoms with Crippen LogP contribution in [0.5, 0.6) is 0 Å². The maximum Gasteiger partial charge on any atom is 0.222 e. The first kappa shape index (κ1) is 16.7. The maximum absolute atomic E-state index is 12.4. The predicted octanol–water partition coefficient (Wildman–Crippen LogP) is 3.45. The summed E-state index contributed by atoms with van der Waals surface area (Å²) in [4.78, 5) is 18.6. The van der Waals surface area contributed by atoms with Crippen molar-refractivity contribution >= 4 is 5.91 Å². The van der Waals surface area contributed by atoms with Gasteiger partial charge in [0.2, 0.25) is 5.91 Å². The van der Waals surface area contributed by atoms with Crippen molar-refractivity contribution in [3.8, 4) is 0 Å². The molecule has 0 unspecified atom stereocenters. The highest BCUT2D eigenvalue weighted by atomic mass is 16.2. The number of hydrogen-bond acceptors (Lipinski definition) is 2. The molecule has 4 heteroatoms. The number of aryl methyl sites for hydroxylation is 3. The van der Waals surface area contributed by atoms with Gasteiger partial charge in [-0.15, -0.1) is 0 Å². The van der Waals surface area contributed by atoms with E-state index < -0.39 is 0 Å². The summed E-state index contributed by atoms with van der Waals surface area (Å²) in [6.45, 7) is 4.97. The molecule has 128 valence electrons. The van der Waals surface area contributed by atoms with Crippen LogP contribution >= 0.6 is 0 Å². The van der Waals surface area contributed by atoms with Gasteiger partial charge in [0.05, 0.1) is 6.33 Å². The standard InChI is InChI=1S/C20H27N3O/c1-17-15-21-16-23(17)14-11-19-9-12-22(13-10-19)20(24)8-7-18-5-3-2-4-6-18/h2-6,15-16,19H,7-14H2,1H3. The molecule has 1 fully saturated rings. The molecule has 4 nitrogen and oxygen atoms in total. The van der Waals surface area contributed by atoms with Crippen molar-refractivity contribution in [3.63, 3.8) is 0 Å². The van der Waals surface area contributed by atoms with Crippen molar-refractivity contribution in [1.29, 1.82) is 0 Å². The Morgan fingerprint density at radius 3 is 2.62 bits per heavy atom. The van der Waals surface area contributed by atoms with E-state index in [1.165, 1.54) is 17.7 Å². The van der Waals surface area contributed by atoms with Gasteiger partial charge in [-0.1, -0.05) is 30.3 Å². The third kappa shape index (κ3) is 4.47. The largest absolute Gasteiger partial charge is 0.343 e. The second-order valence-corrected chi connectivity index (χ2v) is 6.83. The second-order valence-electron chi connectivity index (χ2n) is 6.83. The molecule has 0 aliphatic carbocycles. The van der Waals surface area contributed by atoms with Crippen LogP contribution in [0.2, 0.25) is 0 Å². The Morgan fingerprint density at radius 1 is 1.21 bits per heavy atom. The van der Waals surface area contributed by atoms with Gasteiger partial charge in [-0.05, 0) is 44.1 Å². The van der Waals surface area contributed by atoms with Gasteiger partial charge in [0.1, 0.15) is 0 Å². The van der Waals surface area contributed by atoms with Crippen LogP contribution in [-0.2, 0) is 17.8 Å². The maximum atomic E-state index is 12.4.